The first kappa shape index (κ1) is 19.6. The molecule has 0 radical (unpaired) electrons. The smallest absolute Gasteiger partial charge is 0.243 e. The van der Waals surface area contributed by atoms with Crippen molar-refractivity contribution in [1.29, 1.82) is 0 Å². The fourth-order valence-corrected chi connectivity index (χ4v) is 4.68. The largest absolute Gasteiger partial charge is 0.497 e. The number of rotatable bonds is 6. The Morgan fingerprint density at radius 2 is 1.97 bits per heavy atom. The Morgan fingerprint density at radius 1 is 1.21 bits per heavy atom. The molecule has 29 heavy (non-hydrogen) atoms. The first-order valence-corrected chi connectivity index (χ1v) is 10.8. The molecule has 0 spiro atoms. The SMILES string of the molecule is COc1ccc(CN(C)S(=O)(=O)c2ccc(F)c(-c3cn4c(n3)CCC4)c2)cc1. The monoisotopic (exact) mass is 415 g/mol. The van der Waals surface area contributed by atoms with Crippen molar-refractivity contribution in [2.75, 3.05) is 14.2 Å². The van der Waals surface area contributed by atoms with Gasteiger partial charge < -0.3 is 9.30 Å². The Labute approximate surface area is 169 Å². The quantitative estimate of drug-likeness (QED) is 0.619. The number of ether oxygens (including phenoxy) is 1. The van der Waals surface area contributed by atoms with Gasteiger partial charge in [0.05, 0.1) is 17.7 Å². The Bertz CT molecular complexity index is 1120. The van der Waals surface area contributed by atoms with E-state index in [0.29, 0.717) is 11.4 Å². The number of methoxy groups -OCH3 is 1. The Hall–Kier alpha value is -2.71. The van der Waals surface area contributed by atoms with Gasteiger partial charge in [-0.05, 0) is 42.3 Å². The molecule has 1 aromatic heterocycles. The van der Waals surface area contributed by atoms with Crippen molar-refractivity contribution >= 4 is 10.0 Å². The van der Waals surface area contributed by atoms with Gasteiger partial charge >= 0.3 is 0 Å². The van der Waals surface area contributed by atoms with Crippen LogP contribution in [0.1, 0.15) is 17.8 Å². The highest BCUT2D eigenvalue weighted by Gasteiger charge is 2.24. The number of imidazole rings is 1. The molecule has 0 aliphatic carbocycles. The molecule has 2 heterocycles. The predicted molar refractivity (Wildman–Crippen MR) is 108 cm³/mol. The van der Waals surface area contributed by atoms with Crippen LogP contribution in [0.25, 0.3) is 11.3 Å². The van der Waals surface area contributed by atoms with Crippen molar-refractivity contribution in [3.05, 3.63) is 65.9 Å². The van der Waals surface area contributed by atoms with Crippen LogP contribution in [-0.2, 0) is 29.5 Å². The van der Waals surface area contributed by atoms with Gasteiger partial charge in [0, 0.05) is 38.3 Å². The molecule has 0 bridgehead atoms. The lowest BCUT2D eigenvalue weighted by Gasteiger charge is -2.18. The minimum Gasteiger partial charge on any atom is -0.497 e. The summed E-state index contributed by atoms with van der Waals surface area (Å²) in [6.45, 7) is 1.05. The fourth-order valence-electron chi connectivity index (χ4n) is 3.50. The van der Waals surface area contributed by atoms with Gasteiger partial charge in [-0.15, -0.1) is 0 Å². The molecule has 0 unspecified atom stereocenters. The van der Waals surface area contributed by atoms with Crippen LogP contribution in [0.5, 0.6) is 5.75 Å². The number of halogens is 1. The van der Waals surface area contributed by atoms with Crippen LogP contribution >= 0.6 is 0 Å². The van der Waals surface area contributed by atoms with E-state index in [4.69, 9.17) is 4.74 Å². The van der Waals surface area contributed by atoms with Crippen molar-refractivity contribution in [3.63, 3.8) is 0 Å². The van der Waals surface area contributed by atoms with Crippen molar-refractivity contribution in [2.45, 2.75) is 30.8 Å². The standard InChI is InChI=1S/C21H22FN3O3S/c1-24(13-15-5-7-16(28-2)8-6-15)29(26,27)17-9-10-19(22)18(12-17)20-14-25-11-3-4-21(25)23-20/h5-10,12,14H,3-4,11,13H2,1-2H3. The second kappa shape index (κ2) is 7.61. The number of aryl methyl sites for hydroxylation is 2. The van der Waals surface area contributed by atoms with Crippen LogP contribution in [0.3, 0.4) is 0 Å². The average molecular weight is 415 g/mol. The summed E-state index contributed by atoms with van der Waals surface area (Å²) >= 11 is 0. The number of sulfonamides is 1. The highest BCUT2D eigenvalue weighted by atomic mass is 32.2. The summed E-state index contributed by atoms with van der Waals surface area (Å²) < 4.78 is 48.9. The molecule has 8 heteroatoms. The number of hydrogen-bond donors (Lipinski definition) is 0. The van der Waals surface area contributed by atoms with E-state index in [0.717, 1.165) is 30.8 Å². The molecule has 0 saturated heterocycles. The molecule has 0 atom stereocenters. The number of benzene rings is 2. The van der Waals surface area contributed by atoms with E-state index in [9.17, 15) is 12.8 Å². The van der Waals surface area contributed by atoms with E-state index >= 15 is 0 Å². The van der Waals surface area contributed by atoms with Gasteiger partial charge in [-0.3, -0.25) is 0 Å². The van der Waals surface area contributed by atoms with Gasteiger partial charge in [0.1, 0.15) is 17.4 Å². The van der Waals surface area contributed by atoms with E-state index in [1.807, 2.05) is 16.7 Å². The summed E-state index contributed by atoms with van der Waals surface area (Å²) in [5, 5.41) is 0. The molecule has 1 aliphatic rings. The van der Waals surface area contributed by atoms with Gasteiger partial charge in [-0.2, -0.15) is 4.31 Å². The molecule has 152 valence electrons. The molecule has 6 nitrogen and oxygen atoms in total. The molecule has 0 saturated carbocycles. The lowest BCUT2D eigenvalue weighted by Crippen LogP contribution is -2.26. The van der Waals surface area contributed by atoms with Crippen LogP contribution in [0.15, 0.2) is 53.6 Å². The van der Waals surface area contributed by atoms with Gasteiger partial charge in [0.2, 0.25) is 10.0 Å². The van der Waals surface area contributed by atoms with Gasteiger partial charge in [-0.1, -0.05) is 12.1 Å². The summed E-state index contributed by atoms with van der Waals surface area (Å²) in [5.74, 6) is 1.12. The summed E-state index contributed by atoms with van der Waals surface area (Å²) in [7, 11) is -0.711. The van der Waals surface area contributed by atoms with Crippen LogP contribution in [-0.4, -0.2) is 36.4 Å². The summed E-state index contributed by atoms with van der Waals surface area (Å²) in [4.78, 5) is 4.52. The number of fused-ring (bicyclic) bond motifs is 1. The van der Waals surface area contributed by atoms with Crippen LogP contribution in [0.4, 0.5) is 4.39 Å². The summed E-state index contributed by atoms with van der Waals surface area (Å²) in [6.07, 6.45) is 3.66. The van der Waals surface area contributed by atoms with Crippen LogP contribution in [0.2, 0.25) is 0 Å². The number of aromatic nitrogens is 2. The number of nitrogens with zero attached hydrogens (tertiary/aromatic N) is 3. The molecule has 0 N–H and O–H groups in total. The highest BCUT2D eigenvalue weighted by molar-refractivity contribution is 7.89. The van der Waals surface area contributed by atoms with E-state index in [-0.39, 0.29) is 17.0 Å². The molecule has 3 aromatic rings. The fraction of sp³-hybridized carbons (Fsp3) is 0.286. The Morgan fingerprint density at radius 3 is 2.66 bits per heavy atom. The number of hydrogen-bond acceptors (Lipinski definition) is 4. The average Bonchev–Trinajstić information content (AvgIpc) is 3.31. The maximum Gasteiger partial charge on any atom is 0.243 e. The third-order valence-corrected chi connectivity index (χ3v) is 6.94. The van der Waals surface area contributed by atoms with E-state index in [2.05, 4.69) is 4.98 Å². The molecular formula is C21H22FN3O3S. The molecule has 0 fully saturated rings. The lowest BCUT2D eigenvalue weighted by atomic mass is 10.1. The van der Waals surface area contributed by atoms with Crippen molar-refractivity contribution in [3.8, 4) is 17.0 Å². The van der Waals surface area contributed by atoms with Gasteiger partial charge in [-0.25, -0.2) is 17.8 Å². The van der Waals surface area contributed by atoms with Gasteiger partial charge in [0.25, 0.3) is 0 Å². The summed E-state index contributed by atoms with van der Waals surface area (Å²) in [6, 6.07) is 11.0. The lowest BCUT2D eigenvalue weighted by molar-refractivity contribution is 0.414. The first-order chi connectivity index (χ1) is 13.9. The first-order valence-electron chi connectivity index (χ1n) is 9.34. The van der Waals surface area contributed by atoms with E-state index in [1.54, 1.807) is 25.4 Å². The maximum atomic E-state index is 14.5. The van der Waals surface area contributed by atoms with Crippen molar-refractivity contribution in [2.24, 2.45) is 0 Å². The highest BCUT2D eigenvalue weighted by Crippen LogP contribution is 2.29. The second-order valence-electron chi connectivity index (χ2n) is 7.09. The van der Waals surface area contributed by atoms with Gasteiger partial charge in [0.15, 0.2) is 0 Å². The third kappa shape index (κ3) is 3.77. The zero-order valence-corrected chi connectivity index (χ0v) is 17.1. The molecule has 4 rings (SSSR count). The van der Waals surface area contributed by atoms with Crippen LogP contribution < -0.4 is 4.74 Å². The zero-order valence-electron chi connectivity index (χ0n) is 16.3. The maximum absolute atomic E-state index is 14.5. The molecule has 2 aromatic carbocycles. The normalized spacial score (nSPS) is 13.7. The van der Waals surface area contributed by atoms with Crippen molar-refractivity contribution in [1.82, 2.24) is 13.9 Å². The topological polar surface area (TPSA) is 64.4 Å². The predicted octanol–water partition coefficient (Wildman–Crippen LogP) is 3.46. The minimum atomic E-state index is -3.79. The van der Waals surface area contributed by atoms with Crippen LogP contribution in [0, 0.1) is 5.82 Å². The second-order valence-corrected chi connectivity index (χ2v) is 9.14. The van der Waals surface area contributed by atoms with E-state index in [1.165, 1.54) is 29.6 Å². The molecule has 1 aliphatic heterocycles. The zero-order chi connectivity index (χ0) is 20.6. The summed E-state index contributed by atoms with van der Waals surface area (Å²) in [5.41, 5.74) is 1.49. The minimum absolute atomic E-state index is 0.0399. The molecule has 0 amide bonds. The third-order valence-electron chi connectivity index (χ3n) is 5.14. The van der Waals surface area contributed by atoms with E-state index < -0.39 is 15.8 Å². The Kier molecular flexibility index (Phi) is 5.14. The molecular weight excluding hydrogens is 393 g/mol. The van der Waals surface area contributed by atoms with Crippen molar-refractivity contribution < 1.29 is 17.5 Å². The Balaban J connectivity index is 1.61.